The van der Waals surface area contributed by atoms with Crippen molar-refractivity contribution in [2.75, 3.05) is 6.54 Å². The molecule has 0 bridgehead atoms. The second-order valence-corrected chi connectivity index (χ2v) is 4.32. The van der Waals surface area contributed by atoms with Gasteiger partial charge in [-0.3, -0.25) is 4.79 Å². The van der Waals surface area contributed by atoms with E-state index < -0.39 is 0 Å². The number of nitrogens with two attached hydrogens (primary N) is 1. The van der Waals surface area contributed by atoms with Crippen molar-refractivity contribution < 1.29 is 4.79 Å². The topological polar surface area (TPSA) is 55.1 Å². The summed E-state index contributed by atoms with van der Waals surface area (Å²) < 4.78 is 0. The maximum Gasteiger partial charge on any atom is 0.223 e. The van der Waals surface area contributed by atoms with E-state index in [-0.39, 0.29) is 11.8 Å². The summed E-state index contributed by atoms with van der Waals surface area (Å²) in [6.07, 6.45) is 6.94. The lowest BCUT2D eigenvalue weighted by Crippen LogP contribution is -2.39. The number of hydrogen-bond donors (Lipinski definition) is 2. The fourth-order valence-corrected chi connectivity index (χ4v) is 1.97. The van der Waals surface area contributed by atoms with Gasteiger partial charge < -0.3 is 11.1 Å². The van der Waals surface area contributed by atoms with E-state index in [1.165, 1.54) is 19.3 Å². The van der Waals surface area contributed by atoms with Crippen LogP contribution in [0.2, 0.25) is 0 Å². The van der Waals surface area contributed by atoms with Crippen LogP contribution in [0, 0.1) is 5.92 Å². The monoisotopic (exact) mass is 198 g/mol. The van der Waals surface area contributed by atoms with E-state index >= 15 is 0 Å². The zero-order chi connectivity index (χ0) is 10.4. The van der Waals surface area contributed by atoms with Crippen molar-refractivity contribution in [3.8, 4) is 0 Å². The molecule has 0 saturated heterocycles. The summed E-state index contributed by atoms with van der Waals surface area (Å²) in [4.78, 5) is 11.6. The highest BCUT2D eigenvalue weighted by Crippen LogP contribution is 2.17. The van der Waals surface area contributed by atoms with Crippen LogP contribution in [0.1, 0.15) is 45.4 Å². The molecular formula is C11H22N2O. The van der Waals surface area contributed by atoms with Crippen LogP contribution in [0.5, 0.6) is 0 Å². The number of carbonyl (C=O) groups excluding carboxylic acids is 1. The van der Waals surface area contributed by atoms with Gasteiger partial charge in [-0.25, -0.2) is 0 Å². The third-order valence-electron chi connectivity index (χ3n) is 3.00. The predicted octanol–water partition coefficient (Wildman–Crippen LogP) is 1.42. The molecule has 0 heterocycles. The molecule has 82 valence electrons. The Hall–Kier alpha value is -0.570. The summed E-state index contributed by atoms with van der Waals surface area (Å²) in [7, 11) is 0. The van der Waals surface area contributed by atoms with Crippen molar-refractivity contribution in [3.05, 3.63) is 0 Å². The molecule has 1 amide bonds. The third-order valence-corrected chi connectivity index (χ3v) is 3.00. The minimum Gasteiger partial charge on any atom is -0.353 e. The fourth-order valence-electron chi connectivity index (χ4n) is 1.97. The summed E-state index contributed by atoms with van der Waals surface area (Å²) in [6, 6.07) is 0.427. The number of carbonyl (C=O) groups is 1. The standard InChI is InChI=1S/C11H22N2O/c1-9(7-8-12)11(14)13-10-5-3-2-4-6-10/h9-10H,2-8,12H2,1H3,(H,13,14). The Labute approximate surface area is 86.4 Å². The summed E-state index contributed by atoms with van der Waals surface area (Å²) >= 11 is 0. The van der Waals surface area contributed by atoms with Gasteiger partial charge in [0, 0.05) is 12.0 Å². The molecule has 14 heavy (non-hydrogen) atoms. The van der Waals surface area contributed by atoms with Crippen molar-refractivity contribution in [1.82, 2.24) is 5.32 Å². The van der Waals surface area contributed by atoms with E-state index in [1.54, 1.807) is 0 Å². The SMILES string of the molecule is CC(CCN)C(=O)NC1CCCCC1. The van der Waals surface area contributed by atoms with Gasteiger partial charge in [0.1, 0.15) is 0 Å². The van der Waals surface area contributed by atoms with Crippen LogP contribution in [0.3, 0.4) is 0 Å². The molecule has 1 rings (SSSR count). The van der Waals surface area contributed by atoms with E-state index in [0.717, 1.165) is 19.3 Å². The minimum absolute atomic E-state index is 0.0712. The largest absolute Gasteiger partial charge is 0.353 e. The van der Waals surface area contributed by atoms with Gasteiger partial charge in [-0.15, -0.1) is 0 Å². The molecule has 0 radical (unpaired) electrons. The highest BCUT2D eigenvalue weighted by molar-refractivity contribution is 5.78. The lowest BCUT2D eigenvalue weighted by atomic mass is 9.95. The van der Waals surface area contributed by atoms with Gasteiger partial charge in [0.15, 0.2) is 0 Å². The van der Waals surface area contributed by atoms with Crippen molar-refractivity contribution in [2.45, 2.75) is 51.5 Å². The van der Waals surface area contributed by atoms with Crippen molar-refractivity contribution in [3.63, 3.8) is 0 Å². The van der Waals surface area contributed by atoms with Crippen LogP contribution in [-0.4, -0.2) is 18.5 Å². The molecular weight excluding hydrogens is 176 g/mol. The first-order valence-corrected chi connectivity index (χ1v) is 5.74. The van der Waals surface area contributed by atoms with Gasteiger partial charge in [0.2, 0.25) is 5.91 Å². The van der Waals surface area contributed by atoms with Gasteiger partial charge in [-0.2, -0.15) is 0 Å². The maximum atomic E-state index is 11.6. The summed E-state index contributed by atoms with van der Waals surface area (Å²) in [6.45, 7) is 2.55. The lowest BCUT2D eigenvalue weighted by Gasteiger charge is -2.24. The second-order valence-electron chi connectivity index (χ2n) is 4.32. The molecule has 0 aromatic heterocycles. The van der Waals surface area contributed by atoms with E-state index in [9.17, 15) is 4.79 Å². The van der Waals surface area contributed by atoms with Gasteiger partial charge in [0.25, 0.3) is 0 Å². The van der Waals surface area contributed by atoms with Crippen LogP contribution in [-0.2, 0) is 4.79 Å². The Balaban J connectivity index is 2.24. The predicted molar refractivity (Wildman–Crippen MR) is 57.9 cm³/mol. The van der Waals surface area contributed by atoms with E-state index in [2.05, 4.69) is 5.32 Å². The smallest absolute Gasteiger partial charge is 0.223 e. The normalized spacial score (nSPS) is 20.4. The maximum absolute atomic E-state index is 11.6. The van der Waals surface area contributed by atoms with Crippen molar-refractivity contribution in [1.29, 1.82) is 0 Å². The molecule has 1 unspecified atom stereocenters. The quantitative estimate of drug-likeness (QED) is 0.718. The Morgan fingerprint density at radius 1 is 1.43 bits per heavy atom. The summed E-state index contributed by atoms with van der Waals surface area (Å²) in [5, 5.41) is 3.11. The van der Waals surface area contributed by atoms with Gasteiger partial charge >= 0.3 is 0 Å². The molecule has 3 nitrogen and oxygen atoms in total. The van der Waals surface area contributed by atoms with Gasteiger partial charge in [-0.1, -0.05) is 26.2 Å². The van der Waals surface area contributed by atoms with Crippen molar-refractivity contribution >= 4 is 5.91 Å². The fraction of sp³-hybridized carbons (Fsp3) is 0.909. The summed E-state index contributed by atoms with van der Waals surface area (Å²) in [5.74, 6) is 0.254. The highest BCUT2D eigenvalue weighted by Gasteiger charge is 2.18. The van der Waals surface area contributed by atoms with Crippen LogP contribution in [0.4, 0.5) is 0 Å². The lowest BCUT2D eigenvalue weighted by molar-refractivity contribution is -0.125. The zero-order valence-electron chi connectivity index (χ0n) is 9.09. The first kappa shape index (κ1) is 11.5. The van der Waals surface area contributed by atoms with Crippen LogP contribution in [0.15, 0.2) is 0 Å². The Morgan fingerprint density at radius 3 is 2.64 bits per heavy atom. The number of nitrogens with one attached hydrogen (secondary N) is 1. The number of rotatable bonds is 4. The summed E-state index contributed by atoms with van der Waals surface area (Å²) in [5.41, 5.74) is 5.42. The second kappa shape index (κ2) is 6.02. The Bertz CT molecular complexity index is 176. The average Bonchev–Trinajstić information content (AvgIpc) is 2.19. The molecule has 1 atom stereocenters. The first-order valence-electron chi connectivity index (χ1n) is 5.74. The van der Waals surface area contributed by atoms with E-state index in [4.69, 9.17) is 5.73 Å². The first-order chi connectivity index (χ1) is 6.74. The molecule has 1 fully saturated rings. The van der Waals surface area contributed by atoms with E-state index in [0.29, 0.717) is 12.6 Å². The van der Waals surface area contributed by atoms with Crippen LogP contribution < -0.4 is 11.1 Å². The molecule has 1 saturated carbocycles. The molecule has 1 aliphatic rings. The molecule has 3 N–H and O–H groups in total. The molecule has 0 spiro atoms. The Morgan fingerprint density at radius 2 is 2.07 bits per heavy atom. The highest BCUT2D eigenvalue weighted by atomic mass is 16.1. The van der Waals surface area contributed by atoms with Gasteiger partial charge in [-0.05, 0) is 25.8 Å². The zero-order valence-corrected chi connectivity index (χ0v) is 9.09. The number of amides is 1. The average molecular weight is 198 g/mol. The minimum atomic E-state index is 0.0712. The number of hydrogen-bond acceptors (Lipinski definition) is 2. The van der Waals surface area contributed by atoms with Crippen LogP contribution in [0.25, 0.3) is 0 Å². The molecule has 3 heteroatoms. The molecule has 0 aromatic carbocycles. The van der Waals surface area contributed by atoms with Crippen LogP contribution >= 0.6 is 0 Å². The molecule has 1 aliphatic carbocycles. The molecule has 0 aliphatic heterocycles. The molecule has 0 aromatic rings. The third kappa shape index (κ3) is 3.66. The van der Waals surface area contributed by atoms with Crippen molar-refractivity contribution in [2.24, 2.45) is 11.7 Å². The van der Waals surface area contributed by atoms with E-state index in [1.807, 2.05) is 6.92 Å². The Kier molecular flexibility index (Phi) is 4.94. The van der Waals surface area contributed by atoms with Gasteiger partial charge in [0.05, 0.1) is 0 Å².